The van der Waals surface area contributed by atoms with Crippen LogP contribution in [0.5, 0.6) is 0 Å². The van der Waals surface area contributed by atoms with E-state index in [0.29, 0.717) is 0 Å². The predicted molar refractivity (Wildman–Crippen MR) is 110 cm³/mol. The van der Waals surface area contributed by atoms with Gasteiger partial charge >= 0.3 is 0 Å². The maximum atomic E-state index is 3.21. The van der Waals surface area contributed by atoms with Gasteiger partial charge in [-0.25, -0.2) is 0 Å². The van der Waals surface area contributed by atoms with E-state index in [9.17, 15) is 0 Å². The molecule has 3 heteroatoms. The van der Waals surface area contributed by atoms with Crippen molar-refractivity contribution in [3.05, 3.63) is 85.0 Å². The normalized spacial score (nSPS) is 12.2. The Hall–Kier alpha value is -0.692. The Morgan fingerprint density at radius 1 is 0.720 bits per heavy atom. The summed E-state index contributed by atoms with van der Waals surface area (Å²) in [6, 6.07) is 21.8. The standard InChI is InChI=1S/C8H11.2C7H7S.Pt/c1-2-4-6-8-7-5-3-1;2*1-8-7-5-3-2-4-6-7;/h1-2,7H,3-6H2;2*3-6H,1H3;/q3*-1;. The Morgan fingerprint density at radius 2 is 1.20 bits per heavy atom. The smallest absolute Gasteiger partial charge is 0 e. The maximum absolute atomic E-state index is 3.21. The van der Waals surface area contributed by atoms with Gasteiger partial charge in [0.2, 0.25) is 0 Å². The van der Waals surface area contributed by atoms with Gasteiger partial charge in [-0.3, -0.25) is 6.08 Å². The molecule has 0 amide bonds. The zero-order chi connectivity index (χ0) is 17.3. The van der Waals surface area contributed by atoms with Crippen LogP contribution in [0.1, 0.15) is 25.7 Å². The van der Waals surface area contributed by atoms with E-state index in [1.807, 2.05) is 48.5 Å². The molecule has 0 saturated heterocycles. The molecule has 0 aliphatic heterocycles. The van der Waals surface area contributed by atoms with E-state index in [0.717, 1.165) is 6.42 Å². The van der Waals surface area contributed by atoms with Gasteiger partial charge in [-0.15, -0.1) is 9.79 Å². The summed E-state index contributed by atoms with van der Waals surface area (Å²) in [5.74, 6) is 0. The van der Waals surface area contributed by atoms with Crippen molar-refractivity contribution in [3.8, 4) is 0 Å². The van der Waals surface area contributed by atoms with Gasteiger partial charge in [0.25, 0.3) is 0 Å². The van der Waals surface area contributed by atoms with E-state index in [1.165, 1.54) is 29.1 Å². The molecule has 0 aromatic heterocycles. The van der Waals surface area contributed by atoms with E-state index in [-0.39, 0.29) is 21.1 Å². The van der Waals surface area contributed by atoms with Crippen LogP contribution in [-0.4, -0.2) is 12.5 Å². The van der Waals surface area contributed by atoms with Gasteiger partial charge < -0.3 is 6.08 Å². The second-order valence-corrected chi connectivity index (χ2v) is 6.63. The molecule has 3 rings (SSSR count). The summed E-state index contributed by atoms with van der Waals surface area (Å²) in [6.07, 6.45) is 18.6. The van der Waals surface area contributed by atoms with E-state index in [4.69, 9.17) is 0 Å². The molecule has 0 N–H and O–H groups in total. The summed E-state index contributed by atoms with van der Waals surface area (Å²) >= 11 is 3.50. The molecule has 25 heavy (non-hydrogen) atoms. The van der Waals surface area contributed by atoms with Gasteiger partial charge in [-0.2, -0.15) is 90.6 Å². The Balaban J connectivity index is 0.000000339. The number of allylic oxidation sites excluding steroid dienone is 4. The molecular weight excluding hydrogens is 523 g/mol. The van der Waals surface area contributed by atoms with Crippen LogP contribution in [0, 0.1) is 18.2 Å². The molecule has 0 radical (unpaired) electrons. The molecule has 0 unspecified atom stereocenters. The molecule has 0 fully saturated rings. The third-order valence-electron chi connectivity index (χ3n) is 3.09. The third-order valence-corrected chi connectivity index (χ3v) is 4.58. The molecule has 2 aromatic carbocycles. The van der Waals surface area contributed by atoms with Crippen molar-refractivity contribution in [2.75, 3.05) is 12.5 Å². The third kappa shape index (κ3) is 14.2. The van der Waals surface area contributed by atoms with Crippen LogP contribution >= 0.6 is 23.5 Å². The quantitative estimate of drug-likeness (QED) is 0.228. The van der Waals surface area contributed by atoms with Crippen LogP contribution in [0.4, 0.5) is 0 Å². The van der Waals surface area contributed by atoms with Gasteiger partial charge in [0, 0.05) is 21.1 Å². The number of rotatable bonds is 2. The average molecular weight is 549 g/mol. The fourth-order valence-corrected chi connectivity index (χ4v) is 2.62. The second-order valence-electron chi connectivity index (χ2n) is 4.88. The van der Waals surface area contributed by atoms with Crippen LogP contribution in [0.15, 0.2) is 76.5 Å². The van der Waals surface area contributed by atoms with Crippen LogP contribution in [0.3, 0.4) is 0 Å². The minimum atomic E-state index is 0. The molecule has 0 bridgehead atoms. The summed E-state index contributed by atoms with van der Waals surface area (Å²) in [7, 11) is 0. The fraction of sp³-hybridized carbons (Fsp3) is 0.273. The van der Waals surface area contributed by atoms with E-state index >= 15 is 0 Å². The summed E-state index contributed by atoms with van der Waals surface area (Å²) in [5, 5.41) is 0. The van der Waals surface area contributed by atoms with Gasteiger partial charge in [-0.1, -0.05) is 25.0 Å². The van der Waals surface area contributed by atoms with Gasteiger partial charge in [0.05, 0.1) is 0 Å². The van der Waals surface area contributed by atoms with Gasteiger partial charge in [0.1, 0.15) is 0 Å². The molecule has 0 saturated carbocycles. The second kappa shape index (κ2) is 18.1. The first-order valence-corrected chi connectivity index (χ1v) is 10.5. The Kier molecular flexibility index (Phi) is 17.6. The van der Waals surface area contributed by atoms with Crippen molar-refractivity contribution in [1.82, 2.24) is 0 Å². The maximum Gasteiger partial charge on any atom is 0 e. The predicted octanol–water partition coefficient (Wildman–Crippen LogP) is 6.89. The first kappa shape index (κ1) is 24.3. The van der Waals surface area contributed by atoms with Crippen molar-refractivity contribution in [2.45, 2.75) is 35.5 Å². The van der Waals surface area contributed by atoms with Crippen LogP contribution in [0.2, 0.25) is 0 Å². The molecule has 0 nitrogen and oxygen atoms in total. The molecule has 1 aliphatic rings. The number of hydrogen-bond acceptors (Lipinski definition) is 2. The van der Waals surface area contributed by atoms with Crippen molar-refractivity contribution < 1.29 is 21.1 Å². The average Bonchev–Trinajstić information content (AvgIpc) is 2.63. The van der Waals surface area contributed by atoms with Crippen molar-refractivity contribution in [2.24, 2.45) is 0 Å². The first-order valence-electron chi connectivity index (χ1n) is 8.07. The fourth-order valence-electron chi connectivity index (χ4n) is 1.80. The van der Waals surface area contributed by atoms with E-state index < -0.39 is 0 Å². The Labute approximate surface area is 176 Å². The molecular formula is C22H25PtS2-3. The van der Waals surface area contributed by atoms with Crippen LogP contribution in [0.25, 0.3) is 0 Å². The summed E-state index contributed by atoms with van der Waals surface area (Å²) < 4.78 is 0. The summed E-state index contributed by atoms with van der Waals surface area (Å²) in [5.41, 5.74) is 0. The van der Waals surface area contributed by atoms with Crippen LogP contribution in [-0.2, 0) is 21.1 Å². The molecule has 0 spiro atoms. The SMILES string of the molecule is CSc1cc[c-]cc1.CSc1cc[c-]cc1.[C-]1=CCCC=CCC1.[Pt]. The van der Waals surface area contributed by atoms with E-state index in [1.54, 1.807) is 23.5 Å². The van der Waals surface area contributed by atoms with Crippen LogP contribution < -0.4 is 0 Å². The zero-order valence-corrected chi connectivity index (χ0v) is 18.7. The minimum absolute atomic E-state index is 0. The van der Waals surface area contributed by atoms with Crippen molar-refractivity contribution in [3.63, 3.8) is 0 Å². The molecule has 1 aliphatic carbocycles. The van der Waals surface area contributed by atoms with Crippen molar-refractivity contribution in [1.29, 1.82) is 0 Å². The largest absolute Gasteiger partial charge is 0.500 e. The monoisotopic (exact) mass is 548 g/mol. The van der Waals surface area contributed by atoms with Crippen molar-refractivity contribution >= 4 is 23.5 Å². The first-order chi connectivity index (χ1) is 11.9. The minimum Gasteiger partial charge on any atom is -0.500 e. The zero-order valence-electron chi connectivity index (χ0n) is 14.8. The van der Waals surface area contributed by atoms with Gasteiger partial charge in [-0.05, 0) is 18.9 Å². The number of hydrogen-bond donors (Lipinski definition) is 0. The number of thioether (sulfide) groups is 2. The molecule has 2 aromatic rings. The Bertz CT molecular complexity index is 500. The summed E-state index contributed by atoms with van der Waals surface area (Å²) in [6.45, 7) is 0. The molecule has 0 heterocycles. The molecule has 138 valence electrons. The van der Waals surface area contributed by atoms with E-state index in [2.05, 4.69) is 48.9 Å². The Morgan fingerprint density at radius 3 is 1.64 bits per heavy atom. The topological polar surface area (TPSA) is 0 Å². The number of benzene rings is 2. The molecule has 0 atom stereocenters. The summed E-state index contributed by atoms with van der Waals surface area (Å²) in [4.78, 5) is 2.59. The van der Waals surface area contributed by atoms with Gasteiger partial charge in [0.15, 0.2) is 0 Å².